The number of aryl methyl sites for hydroxylation is 2. The van der Waals surface area contributed by atoms with Crippen LogP contribution < -0.4 is 10.5 Å². The first-order valence-electron chi connectivity index (χ1n) is 6.92. The number of nitrogens with two attached hydrogens (primary N) is 1. The van der Waals surface area contributed by atoms with Crippen LogP contribution >= 0.6 is 0 Å². The van der Waals surface area contributed by atoms with Crippen molar-refractivity contribution in [3.8, 4) is 11.5 Å². The highest BCUT2D eigenvalue weighted by molar-refractivity contribution is 5.35. The Morgan fingerprint density at radius 2 is 2.10 bits per heavy atom. The normalized spacial score (nSPS) is 12.2. The van der Waals surface area contributed by atoms with Gasteiger partial charge in [0.05, 0.1) is 11.9 Å². The van der Waals surface area contributed by atoms with Gasteiger partial charge in [-0.05, 0) is 50.5 Å². The minimum atomic E-state index is 0.110. The standard InChI is InChI=1S/C16H21N3O/c1-4-15-16(6-5-12(3)19-15)20-14-8-13(7-11(2)17)9-18-10-14/h5-6,8-11H,4,7,17H2,1-3H3. The first-order valence-corrected chi connectivity index (χ1v) is 6.92. The molecule has 0 saturated heterocycles. The third kappa shape index (κ3) is 3.78. The van der Waals surface area contributed by atoms with E-state index < -0.39 is 0 Å². The van der Waals surface area contributed by atoms with Crippen molar-refractivity contribution in [3.63, 3.8) is 0 Å². The molecule has 4 nitrogen and oxygen atoms in total. The molecule has 0 aromatic carbocycles. The minimum absolute atomic E-state index is 0.110. The molecule has 0 saturated carbocycles. The number of hydrogen-bond donors (Lipinski definition) is 1. The number of hydrogen-bond acceptors (Lipinski definition) is 4. The summed E-state index contributed by atoms with van der Waals surface area (Å²) < 4.78 is 5.91. The summed E-state index contributed by atoms with van der Waals surface area (Å²) in [5, 5.41) is 0. The molecule has 0 radical (unpaired) electrons. The van der Waals surface area contributed by atoms with Crippen LogP contribution in [0.15, 0.2) is 30.6 Å². The highest BCUT2D eigenvalue weighted by Crippen LogP contribution is 2.25. The molecule has 20 heavy (non-hydrogen) atoms. The van der Waals surface area contributed by atoms with Gasteiger partial charge < -0.3 is 10.5 Å². The van der Waals surface area contributed by atoms with Crippen LogP contribution in [0, 0.1) is 6.92 Å². The molecule has 2 aromatic heterocycles. The van der Waals surface area contributed by atoms with Crippen LogP contribution in [-0.2, 0) is 12.8 Å². The molecule has 0 aliphatic heterocycles. The molecule has 0 fully saturated rings. The Morgan fingerprint density at radius 1 is 1.30 bits per heavy atom. The molecule has 1 atom stereocenters. The van der Waals surface area contributed by atoms with Gasteiger partial charge >= 0.3 is 0 Å². The van der Waals surface area contributed by atoms with Gasteiger partial charge in [-0.1, -0.05) is 6.92 Å². The summed E-state index contributed by atoms with van der Waals surface area (Å²) in [5.74, 6) is 1.52. The zero-order valence-corrected chi connectivity index (χ0v) is 12.3. The number of aromatic nitrogens is 2. The van der Waals surface area contributed by atoms with E-state index in [9.17, 15) is 0 Å². The van der Waals surface area contributed by atoms with Crippen LogP contribution in [0.3, 0.4) is 0 Å². The zero-order chi connectivity index (χ0) is 14.5. The summed E-state index contributed by atoms with van der Waals surface area (Å²) in [7, 11) is 0. The summed E-state index contributed by atoms with van der Waals surface area (Å²) in [6.07, 6.45) is 5.16. The SMILES string of the molecule is CCc1nc(C)ccc1Oc1cncc(CC(C)N)c1. The van der Waals surface area contributed by atoms with Crippen LogP contribution in [0.2, 0.25) is 0 Å². The van der Waals surface area contributed by atoms with Crippen molar-refractivity contribution >= 4 is 0 Å². The fraction of sp³-hybridized carbons (Fsp3) is 0.375. The summed E-state index contributed by atoms with van der Waals surface area (Å²) in [6, 6.07) is 6.00. The maximum Gasteiger partial charge on any atom is 0.148 e. The molecule has 0 aliphatic rings. The Balaban J connectivity index is 2.21. The molecule has 0 spiro atoms. The second-order valence-corrected chi connectivity index (χ2v) is 5.06. The highest BCUT2D eigenvalue weighted by atomic mass is 16.5. The maximum absolute atomic E-state index is 5.91. The summed E-state index contributed by atoms with van der Waals surface area (Å²) in [5.41, 5.74) is 8.85. The van der Waals surface area contributed by atoms with E-state index >= 15 is 0 Å². The molecule has 0 amide bonds. The fourth-order valence-electron chi connectivity index (χ4n) is 2.07. The Hall–Kier alpha value is -1.94. The van der Waals surface area contributed by atoms with Crippen molar-refractivity contribution in [3.05, 3.63) is 47.5 Å². The molecule has 2 aromatic rings. The number of pyridine rings is 2. The maximum atomic E-state index is 5.91. The van der Waals surface area contributed by atoms with Crippen LogP contribution in [-0.4, -0.2) is 16.0 Å². The molecule has 0 bridgehead atoms. The van der Waals surface area contributed by atoms with Crippen molar-refractivity contribution in [2.75, 3.05) is 0 Å². The fourth-order valence-corrected chi connectivity index (χ4v) is 2.07. The second kappa shape index (κ2) is 6.48. The topological polar surface area (TPSA) is 61.0 Å². The van der Waals surface area contributed by atoms with Gasteiger partial charge in [-0.25, -0.2) is 0 Å². The molecule has 106 valence electrons. The summed E-state index contributed by atoms with van der Waals surface area (Å²) in [6.45, 7) is 6.03. The quantitative estimate of drug-likeness (QED) is 0.908. The number of rotatable bonds is 5. The second-order valence-electron chi connectivity index (χ2n) is 5.06. The smallest absolute Gasteiger partial charge is 0.148 e. The lowest BCUT2D eigenvalue weighted by atomic mass is 10.1. The van der Waals surface area contributed by atoms with E-state index in [4.69, 9.17) is 10.5 Å². The molecule has 0 aliphatic carbocycles. The molecule has 2 rings (SSSR count). The van der Waals surface area contributed by atoms with Crippen molar-refractivity contribution in [1.82, 2.24) is 9.97 Å². The Kier molecular flexibility index (Phi) is 4.69. The van der Waals surface area contributed by atoms with Crippen LogP contribution in [0.25, 0.3) is 0 Å². The lowest BCUT2D eigenvalue weighted by molar-refractivity contribution is 0.469. The van der Waals surface area contributed by atoms with Gasteiger partial charge in [0.15, 0.2) is 0 Å². The van der Waals surface area contributed by atoms with Gasteiger partial charge in [0.1, 0.15) is 11.5 Å². The van der Waals surface area contributed by atoms with Gasteiger partial charge in [-0.3, -0.25) is 9.97 Å². The number of ether oxygens (including phenoxy) is 1. The van der Waals surface area contributed by atoms with Gasteiger partial charge in [-0.2, -0.15) is 0 Å². The van der Waals surface area contributed by atoms with Crippen molar-refractivity contribution in [1.29, 1.82) is 0 Å². The van der Waals surface area contributed by atoms with E-state index in [1.807, 2.05) is 38.2 Å². The molecule has 1 unspecified atom stereocenters. The third-order valence-corrected chi connectivity index (χ3v) is 2.96. The summed E-state index contributed by atoms with van der Waals surface area (Å²) in [4.78, 5) is 8.70. The number of nitrogens with zero attached hydrogens (tertiary/aromatic N) is 2. The van der Waals surface area contributed by atoms with E-state index in [1.165, 1.54) is 0 Å². The molecular formula is C16H21N3O. The van der Waals surface area contributed by atoms with Crippen LogP contribution in [0.1, 0.15) is 30.8 Å². The highest BCUT2D eigenvalue weighted by Gasteiger charge is 2.07. The van der Waals surface area contributed by atoms with Gasteiger partial charge in [0.2, 0.25) is 0 Å². The lowest BCUT2D eigenvalue weighted by Crippen LogP contribution is -2.17. The molecule has 4 heteroatoms. The van der Waals surface area contributed by atoms with E-state index in [1.54, 1.807) is 6.20 Å². The largest absolute Gasteiger partial charge is 0.454 e. The molecule has 2 N–H and O–H groups in total. The molecular weight excluding hydrogens is 250 g/mol. The van der Waals surface area contributed by atoms with Crippen molar-refractivity contribution < 1.29 is 4.74 Å². The zero-order valence-electron chi connectivity index (χ0n) is 12.3. The summed E-state index contributed by atoms with van der Waals surface area (Å²) >= 11 is 0. The Morgan fingerprint density at radius 3 is 2.80 bits per heavy atom. The first-order chi connectivity index (χ1) is 9.58. The third-order valence-electron chi connectivity index (χ3n) is 2.96. The van der Waals surface area contributed by atoms with Gasteiger partial charge in [-0.15, -0.1) is 0 Å². The van der Waals surface area contributed by atoms with Crippen molar-refractivity contribution in [2.24, 2.45) is 5.73 Å². The van der Waals surface area contributed by atoms with Gasteiger partial charge in [0, 0.05) is 17.9 Å². The lowest BCUT2D eigenvalue weighted by Gasteiger charge is -2.11. The Labute approximate surface area is 120 Å². The average Bonchev–Trinajstić information content (AvgIpc) is 2.40. The van der Waals surface area contributed by atoms with E-state index in [-0.39, 0.29) is 6.04 Å². The van der Waals surface area contributed by atoms with E-state index in [0.29, 0.717) is 0 Å². The predicted octanol–water partition coefficient (Wildman–Crippen LogP) is 3.03. The minimum Gasteiger partial charge on any atom is -0.454 e. The average molecular weight is 271 g/mol. The van der Waals surface area contributed by atoms with Gasteiger partial charge in [0.25, 0.3) is 0 Å². The predicted molar refractivity (Wildman–Crippen MR) is 80.0 cm³/mol. The van der Waals surface area contributed by atoms with Crippen LogP contribution in [0.4, 0.5) is 0 Å². The Bertz CT molecular complexity index is 582. The first kappa shape index (κ1) is 14.5. The van der Waals surface area contributed by atoms with Crippen LogP contribution in [0.5, 0.6) is 11.5 Å². The van der Waals surface area contributed by atoms with E-state index in [2.05, 4.69) is 16.9 Å². The van der Waals surface area contributed by atoms with Crippen molar-refractivity contribution in [2.45, 2.75) is 39.7 Å². The van der Waals surface area contributed by atoms with E-state index in [0.717, 1.165) is 41.3 Å². The molecule has 2 heterocycles. The monoisotopic (exact) mass is 271 g/mol.